The zero-order chi connectivity index (χ0) is 24.7. The summed E-state index contributed by atoms with van der Waals surface area (Å²) in [6.45, 7) is 0.136. The van der Waals surface area contributed by atoms with Crippen LogP contribution in [0.2, 0.25) is 0 Å². The summed E-state index contributed by atoms with van der Waals surface area (Å²) in [5, 5.41) is 24.9. The van der Waals surface area contributed by atoms with E-state index in [1.165, 1.54) is 37.4 Å². The summed E-state index contributed by atoms with van der Waals surface area (Å²) < 4.78 is 4.97. The molecule has 1 heterocycles. The summed E-state index contributed by atoms with van der Waals surface area (Å²) in [6, 6.07) is 14.3. The molecule has 176 valence electrons. The molecule has 1 aliphatic carbocycles. The van der Waals surface area contributed by atoms with Gasteiger partial charge in [-0.2, -0.15) is 0 Å². The van der Waals surface area contributed by atoms with Crippen molar-refractivity contribution in [3.8, 4) is 11.5 Å². The molecule has 1 atom stereocenters. The molecule has 8 nitrogen and oxygen atoms in total. The first-order valence-electron chi connectivity index (χ1n) is 11.0. The number of nitrogens with one attached hydrogen (secondary N) is 2. The van der Waals surface area contributed by atoms with Gasteiger partial charge >= 0.3 is 5.97 Å². The molecule has 1 aliphatic rings. The number of aromatic hydroxyl groups is 2. The number of methoxy groups -OCH3 is 1. The number of fused-ring (bicyclic) bond motifs is 3. The number of esters is 1. The first kappa shape index (κ1) is 22.4. The summed E-state index contributed by atoms with van der Waals surface area (Å²) in [6.07, 6.45) is 2.21. The molecule has 4 aromatic rings. The fourth-order valence-corrected chi connectivity index (χ4v) is 4.59. The summed E-state index contributed by atoms with van der Waals surface area (Å²) in [5.41, 5.74) is 2.29. The van der Waals surface area contributed by atoms with Crippen LogP contribution in [0.25, 0.3) is 10.9 Å². The number of aromatic nitrogens is 1. The lowest BCUT2D eigenvalue weighted by molar-refractivity contribution is -0.143. The molecule has 0 aliphatic heterocycles. The molecule has 0 radical (unpaired) electrons. The van der Waals surface area contributed by atoms with Gasteiger partial charge in [0, 0.05) is 41.2 Å². The fourth-order valence-electron chi connectivity index (χ4n) is 4.59. The van der Waals surface area contributed by atoms with E-state index in [9.17, 15) is 24.6 Å². The second kappa shape index (κ2) is 8.73. The number of hydrogen-bond donors (Lipinski definition) is 4. The van der Waals surface area contributed by atoms with Crippen LogP contribution in [0, 0.1) is 0 Å². The molecule has 0 saturated heterocycles. The van der Waals surface area contributed by atoms with Crippen LogP contribution in [0.3, 0.4) is 0 Å². The Morgan fingerprint density at radius 1 is 0.971 bits per heavy atom. The number of hydrogen-bond acceptors (Lipinski definition) is 7. The Morgan fingerprint density at radius 3 is 2.54 bits per heavy atom. The highest BCUT2D eigenvalue weighted by atomic mass is 16.5. The van der Waals surface area contributed by atoms with E-state index in [0.29, 0.717) is 12.0 Å². The van der Waals surface area contributed by atoms with Gasteiger partial charge in [0.2, 0.25) is 5.78 Å². The molecule has 0 fully saturated rings. The highest BCUT2D eigenvalue weighted by Gasteiger charge is 2.34. The lowest BCUT2D eigenvalue weighted by Crippen LogP contribution is -2.39. The summed E-state index contributed by atoms with van der Waals surface area (Å²) in [7, 11) is 1.31. The third-order valence-corrected chi connectivity index (χ3v) is 6.30. The number of phenolic OH excluding ortho intramolecular Hbond substituents is 2. The maximum Gasteiger partial charge on any atom is 0.323 e. The molecule has 0 saturated carbocycles. The Bertz CT molecular complexity index is 1500. The Hall–Kier alpha value is -4.43. The Labute approximate surface area is 200 Å². The standard InChI is InChI=1S/C27H22N2O6/c1-35-27(34)20(11-15-13-29-19-7-3-2-5-16(15)19)28-12-14-9-18-24(22(31)10-14)26(33)23-17(25(18)32)6-4-8-21(23)30/h2-10,13,20,28-31H,11-12H2,1H3/t20-/m0/s1. The molecule has 35 heavy (non-hydrogen) atoms. The zero-order valence-electron chi connectivity index (χ0n) is 18.8. The van der Waals surface area contributed by atoms with E-state index in [-0.39, 0.29) is 40.3 Å². The van der Waals surface area contributed by atoms with Gasteiger partial charge in [-0.25, -0.2) is 0 Å². The Morgan fingerprint density at radius 2 is 1.74 bits per heavy atom. The summed E-state index contributed by atoms with van der Waals surface area (Å²) in [5.74, 6) is -2.21. The molecule has 5 rings (SSSR count). The van der Waals surface area contributed by atoms with Crippen LogP contribution in [0.15, 0.2) is 60.8 Å². The van der Waals surface area contributed by atoms with Crippen LogP contribution < -0.4 is 5.32 Å². The number of carbonyl (C=O) groups excluding carboxylic acids is 3. The molecular formula is C27H22N2O6. The van der Waals surface area contributed by atoms with Crippen molar-refractivity contribution in [2.24, 2.45) is 0 Å². The van der Waals surface area contributed by atoms with Gasteiger partial charge in [-0.15, -0.1) is 0 Å². The summed E-state index contributed by atoms with van der Waals surface area (Å²) in [4.78, 5) is 41.7. The van der Waals surface area contributed by atoms with Crippen molar-refractivity contribution in [3.63, 3.8) is 0 Å². The highest BCUT2D eigenvalue weighted by molar-refractivity contribution is 6.30. The number of rotatable bonds is 6. The second-order valence-electron chi connectivity index (χ2n) is 8.42. The molecule has 0 amide bonds. The van der Waals surface area contributed by atoms with Crippen molar-refractivity contribution in [2.75, 3.05) is 7.11 Å². The van der Waals surface area contributed by atoms with Gasteiger partial charge in [0.05, 0.1) is 18.2 Å². The minimum atomic E-state index is -0.688. The maximum atomic E-state index is 13.1. The summed E-state index contributed by atoms with van der Waals surface area (Å²) >= 11 is 0. The van der Waals surface area contributed by atoms with Crippen LogP contribution in [0.4, 0.5) is 0 Å². The van der Waals surface area contributed by atoms with Gasteiger partial charge in [0.15, 0.2) is 5.78 Å². The second-order valence-corrected chi connectivity index (χ2v) is 8.42. The van der Waals surface area contributed by atoms with Gasteiger partial charge in [-0.05, 0) is 35.4 Å². The molecular weight excluding hydrogens is 448 g/mol. The van der Waals surface area contributed by atoms with Crippen molar-refractivity contribution in [1.29, 1.82) is 0 Å². The van der Waals surface area contributed by atoms with Gasteiger partial charge in [-0.3, -0.25) is 14.4 Å². The highest BCUT2D eigenvalue weighted by Crippen LogP contribution is 2.37. The van der Waals surface area contributed by atoms with Crippen molar-refractivity contribution in [1.82, 2.24) is 10.3 Å². The number of para-hydroxylation sites is 1. The molecule has 8 heteroatoms. The first-order valence-corrected chi connectivity index (χ1v) is 11.0. The molecule has 0 spiro atoms. The molecule has 0 bridgehead atoms. The average molecular weight is 470 g/mol. The van der Waals surface area contributed by atoms with E-state index >= 15 is 0 Å². The van der Waals surface area contributed by atoms with Gasteiger partial charge in [0.25, 0.3) is 0 Å². The molecule has 4 N–H and O–H groups in total. The predicted molar refractivity (Wildman–Crippen MR) is 128 cm³/mol. The third-order valence-electron chi connectivity index (χ3n) is 6.30. The minimum Gasteiger partial charge on any atom is -0.507 e. The first-order chi connectivity index (χ1) is 16.9. The average Bonchev–Trinajstić information content (AvgIpc) is 3.27. The van der Waals surface area contributed by atoms with Crippen LogP contribution >= 0.6 is 0 Å². The smallest absolute Gasteiger partial charge is 0.323 e. The van der Waals surface area contributed by atoms with Gasteiger partial charge in [-0.1, -0.05) is 30.3 Å². The van der Waals surface area contributed by atoms with Crippen LogP contribution in [-0.4, -0.2) is 45.9 Å². The molecule has 1 aromatic heterocycles. The lowest BCUT2D eigenvalue weighted by atomic mass is 9.82. The van der Waals surface area contributed by atoms with E-state index < -0.39 is 23.6 Å². The quantitative estimate of drug-likeness (QED) is 0.281. The maximum absolute atomic E-state index is 13.1. The van der Waals surface area contributed by atoms with Gasteiger partial charge in [0.1, 0.15) is 17.5 Å². The Balaban J connectivity index is 1.42. The monoisotopic (exact) mass is 470 g/mol. The van der Waals surface area contributed by atoms with E-state index in [1.807, 2.05) is 30.5 Å². The topological polar surface area (TPSA) is 129 Å². The minimum absolute atomic E-state index is 0.0520. The van der Waals surface area contributed by atoms with Crippen molar-refractivity contribution in [3.05, 3.63) is 94.2 Å². The number of carbonyl (C=O) groups is 3. The van der Waals surface area contributed by atoms with Crippen LogP contribution in [0.1, 0.15) is 43.0 Å². The zero-order valence-corrected chi connectivity index (χ0v) is 18.8. The fraction of sp³-hybridized carbons (Fsp3) is 0.148. The van der Waals surface area contributed by atoms with Crippen molar-refractivity contribution < 1.29 is 29.3 Å². The SMILES string of the molecule is COC(=O)[C@H](Cc1c[nH]c2ccccc12)NCc1cc(O)c2c(c1)C(=O)c1cccc(O)c1C2=O. The van der Waals surface area contributed by atoms with Crippen molar-refractivity contribution in [2.45, 2.75) is 19.0 Å². The molecule has 0 unspecified atom stereocenters. The van der Waals surface area contributed by atoms with Crippen molar-refractivity contribution >= 4 is 28.4 Å². The largest absolute Gasteiger partial charge is 0.507 e. The number of benzene rings is 3. The lowest BCUT2D eigenvalue weighted by Gasteiger charge is -2.21. The number of H-pyrrole nitrogens is 1. The number of ketones is 2. The third kappa shape index (κ3) is 3.83. The Kier molecular flexibility index (Phi) is 5.58. The van der Waals surface area contributed by atoms with Crippen LogP contribution in [0.5, 0.6) is 11.5 Å². The van der Waals surface area contributed by atoms with Gasteiger partial charge < -0.3 is 25.3 Å². The number of aromatic amines is 1. The number of phenols is 2. The molecule has 3 aromatic carbocycles. The number of ether oxygens (including phenoxy) is 1. The normalized spacial score (nSPS) is 13.4. The van der Waals surface area contributed by atoms with E-state index in [0.717, 1.165) is 16.5 Å². The van der Waals surface area contributed by atoms with Crippen LogP contribution in [-0.2, 0) is 22.5 Å². The predicted octanol–water partition coefficient (Wildman–Crippen LogP) is 3.23. The van der Waals surface area contributed by atoms with E-state index in [4.69, 9.17) is 4.74 Å². The van der Waals surface area contributed by atoms with E-state index in [1.54, 1.807) is 0 Å². The van der Waals surface area contributed by atoms with E-state index in [2.05, 4.69) is 10.3 Å².